The van der Waals surface area contributed by atoms with Crippen molar-refractivity contribution in [3.05, 3.63) is 63.5 Å². The van der Waals surface area contributed by atoms with E-state index in [0.29, 0.717) is 15.9 Å². The molecule has 1 amide bonds. The predicted molar refractivity (Wildman–Crippen MR) is 124 cm³/mol. The summed E-state index contributed by atoms with van der Waals surface area (Å²) in [6.45, 7) is 1.81. The second-order valence-electron chi connectivity index (χ2n) is 7.48. The first kappa shape index (κ1) is 22.0. The minimum absolute atomic E-state index is 0.0322. The minimum atomic E-state index is -0.735. The standard InChI is InChI=1S/C22H22BrFN6O2/c1-30-7-6-12-9-18(32-2)17(8-13(12)11-30)27-22-26-10-14(20(25)31)21(29-22)28-19-15(23)4-3-5-16(19)24/h3-5,8-10H,6-7,11H2,1-2H3,(H2,25,31)(H2,26,27,28,29). The van der Waals surface area contributed by atoms with E-state index in [9.17, 15) is 9.18 Å². The molecule has 0 aliphatic carbocycles. The van der Waals surface area contributed by atoms with Crippen molar-refractivity contribution in [2.24, 2.45) is 5.73 Å². The Kier molecular flexibility index (Phi) is 6.24. The third kappa shape index (κ3) is 4.51. The Labute approximate surface area is 193 Å². The Morgan fingerprint density at radius 3 is 2.81 bits per heavy atom. The summed E-state index contributed by atoms with van der Waals surface area (Å²) in [7, 11) is 3.67. The maximum Gasteiger partial charge on any atom is 0.254 e. The van der Waals surface area contributed by atoms with Gasteiger partial charge in [-0.3, -0.25) is 4.79 Å². The smallest absolute Gasteiger partial charge is 0.254 e. The van der Waals surface area contributed by atoms with Crippen LogP contribution in [0.3, 0.4) is 0 Å². The number of benzene rings is 2. The number of primary amides is 1. The van der Waals surface area contributed by atoms with Gasteiger partial charge in [-0.05, 0) is 64.8 Å². The van der Waals surface area contributed by atoms with Crippen LogP contribution < -0.4 is 21.1 Å². The molecule has 0 atom stereocenters. The number of fused-ring (bicyclic) bond motifs is 1. The molecule has 32 heavy (non-hydrogen) atoms. The summed E-state index contributed by atoms with van der Waals surface area (Å²) in [5.41, 5.74) is 8.75. The molecule has 2 aromatic carbocycles. The van der Waals surface area contributed by atoms with E-state index < -0.39 is 11.7 Å². The van der Waals surface area contributed by atoms with Crippen LogP contribution in [0.4, 0.5) is 27.5 Å². The number of nitrogens with two attached hydrogens (primary N) is 1. The zero-order valence-corrected chi connectivity index (χ0v) is 19.2. The molecule has 0 bridgehead atoms. The predicted octanol–water partition coefficient (Wildman–Crippen LogP) is 3.96. The molecule has 8 nitrogen and oxygen atoms in total. The number of para-hydroxylation sites is 1. The summed E-state index contributed by atoms with van der Waals surface area (Å²) in [6, 6.07) is 8.55. The number of methoxy groups -OCH3 is 1. The first-order valence-electron chi connectivity index (χ1n) is 9.89. The van der Waals surface area contributed by atoms with Crippen LogP contribution in [-0.4, -0.2) is 41.5 Å². The highest BCUT2D eigenvalue weighted by Crippen LogP contribution is 2.34. The summed E-state index contributed by atoms with van der Waals surface area (Å²) in [4.78, 5) is 22.7. The van der Waals surface area contributed by atoms with Crippen molar-refractivity contribution in [2.45, 2.75) is 13.0 Å². The van der Waals surface area contributed by atoms with Gasteiger partial charge in [0.1, 0.15) is 22.9 Å². The fourth-order valence-corrected chi connectivity index (χ4v) is 4.01. The number of carbonyl (C=O) groups excluding carboxylic acids is 1. The molecule has 1 aliphatic rings. The molecule has 166 valence electrons. The van der Waals surface area contributed by atoms with Gasteiger partial charge in [0.2, 0.25) is 5.95 Å². The van der Waals surface area contributed by atoms with Crippen molar-refractivity contribution in [3.63, 3.8) is 0 Å². The second kappa shape index (κ2) is 9.09. The van der Waals surface area contributed by atoms with Gasteiger partial charge < -0.3 is 26.0 Å². The number of amides is 1. The molecule has 0 spiro atoms. The lowest BCUT2D eigenvalue weighted by molar-refractivity contribution is 0.100. The Morgan fingerprint density at radius 1 is 1.28 bits per heavy atom. The van der Waals surface area contributed by atoms with Gasteiger partial charge in [0.15, 0.2) is 0 Å². The molecule has 10 heteroatoms. The number of rotatable bonds is 6. The van der Waals surface area contributed by atoms with Crippen molar-refractivity contribution in [1.82, 2.24) is 14.9 Å². The Hall–Kier alpha value is -3.24. The van der Waals surface area contributed by atoms with E-state index in [1.54, 1.807) is 19.2 Å². The molecule has 4 rings (SSSR count). The lowest BCUT2D eigenvalue weighted by Gasteiger charge is -2.26. The first-order valence-corrected chi connectivity index (χ1v) is 10.7. The summed E-state index contributed by atoms with van der Waals surface area (Å²) in [5.74, 6) is -0.309. The number of nitrogens with one attached hydrogen (secondary N) is 2. The van der Waals surface area contributed by atoms with Gasteiger partial charge in [-0.15, -0.1) is 0 Å². The highest BCUT2D eigenvalue weighted by molar-refractivity contribution is 9.10. The van der Waals surface area contributed by atoms with Gasteiger partial charge in [0.25, 0.3) is 5.91 Å². The van der Waals surface area contributed by atoms with Crippen LogP contribution in [0.15, 0.2) is 41.0 Å². The zero-order valence-electron chi connectivity index (χ0n) is 17.6. The van der Waals surface area contributed by atoms with E-state index in [1.165, 1.54) is 23.4 Å². The van der Waals surface area contributed by atoms with E-state index in [2.05, 4.69) is 48.5 Å². The number of ether oxygens (including phenoxy) is 1. The molecule has 0 radical (unpaired) electrons. The van der Waals surface area contributed by atoms with Crippen LogP contribution in [0.1, 0.15) is 21.5 Å². The largest absolute Gasteiger partial charge is 0.495 e. The number of likely N-dealkylation sites (N-methyl/N-ethyl adjacent to an activating group) is 1. The summed E-state index contributed by atoms with van der Waals surface area (Å²) < 4.78 is 20.3. The summed E-state index contributed by atoms with van der Waals surface area (Å²) in [5, 5.41) is 6.00. The van der Waals surface area contributed by atoms with Gasteiger partial charge in [-0.25, -0.2) is 9.37 Å². The second-order valence-corrected chi connectivity index (χ2v) is 8.33. The van der Waals surface area contributed by atoms with Crippen molar-refractivity contribution in [2.75, 3.05) is 31.3 Å². The Bertz CT molecular complexity index is 1170. The number of carbonyl (C=O) groups is 1. The average molecular weight is 501 g/mol. The van der Waals surface area contributed by atoms with Gasteiger partial charge in [-0.2, -0.15) is 4.98 Å². The van der Waals surface area contributed by atoms with Gasteiger partial charge in [0, 0.05) is 23.8 Å². The van der Waals surface area contributed by atoms with Crippen molar-refractivity contribution in [1.29, 1.82) is 0 Å². The molecular weight excluding hydrogens is 479 g/mol. The average Bonchev–Trinajstić information content (AvgIpc) is 2.76. The fraction of sp³-hybridized carbons (Fsp3) is 0.227. The maximum absolute atomic E-state index is 14.3. The van der Waals surface area contributed by atoms with Crippen LogP contribution in [0, 0.1) is 5.82 Å². The van der Waals surface area contributed by atoms with Gasteiger partial charge >= 0.3 is 0 Å². The van der Waals surface area contributed by atoms with E-state index in [0.717, 1.165) is 19.5 Å². The lowest BCUT2D eigenvalue weighted by atomic mass is 9.99. The molecule has 0 unspecified atom stereocenters. The quantitative estimate of drug-likeness (QED) is 0.470. The van der Waals surface area contributed by atoms with Crippen LogP contribution in [-0.2, 0) is 13.0 Å². The Balaban J connectivity index is 1.70. The highest BCUT2D eigenvalue weighted by Gasteiger charge is 2.19. The topological polar surface area (TPSA) is 105 Å². The molecule has 2 heterocycles. The van der Waals surface area contributed by atoms with E-state index >= 15 is 0 Å². The molecule has 1 aromatic heterocycles. The molecule has 1 aliphatic heterocycles. The minimum Gasteiger partial charge on any atom is -0.495 e. The highest BCUT2D eigenvalue weighted by atomic mass is 79.9. The monoisotopic (exact) mass is 500 g/mol. The van der Waals surface area contributed by atoms with Crippen LogP contribution in [0.2, 0.25) is 0 Å². The zero-order chi connectivity index (χ0) is 22.8. The van der Waals surface area contributed by atoms with Gasteiger partial charge in [0.05, 0.1) is 18.5 Å². The van der Waals surface area contributed by atoms with Gasteiger partial charge in [-0.1, -0.05) is 6.07 Å². The SMILES string of the molecule is COc1cc2c(cc1Nc1ncc(C(N)=O)c(Nc3c(F)cccc3Br)n1)CN(C)CC2. The molecule has 0 saturated heterocycles. The third-order valence-electron chi connectivity index (χ3n) is 5.23. The van der Waals surface area contributed by atoms with Crippen molar-refractivity contribution in [3.8, 4) is 5.75 Å². The summed E-state index contributed by atoms with van der Waals surface area (Å²) in [6.07, 6.45) is 2.24. The number of halogens is 2. The molecule has 0 saturated carbocycles. The Morgan fingerprint density at radius 2 is 2.09 bits per heavy atom. The van der Waals surface area contributed by atoms with E-state index in [-0.39, 0.29) is 23.0 Å². The van der Waals surface area contributed by atoms with Crippen LogP contribution in [0.25, 0.3) is 0 Å². The number of anilines is 4. The molecule has 4 N–H and O–H groups in total. The number of aromatic nitrogens is 2. The van der Waals surface area contributed by atoms with Crippen molar-refractivity contribution >= 4 is 45.0 Å². The fourth-order valence-electron chi connectivity index (χ4n) is 3.57. The van der Waals surface area contributed by atoms with Crippen LogP contribution >= 0.6 is 15.9 Å². The number of hydrogen-bond donors (Lipinski definition) is 3. The van der Waals surface area contributed by atoms with Crippen molar-refractivity contribution < 1.29 is 13.9 Å². The first-order chi connectivity index (χ1) is 15.4. The van der Waals surface area contributed by atoms with Crippen LogP contribution in [0.5, 0.6) is 5.75 Å². The van der Waals surface area contributed by atoms with E-state index in [1.807, 2.05) is 12.1 Å². The normalized spacial score (nSPS) is 13.4. The maximum atomic E-state index is 14.3. The lowest BCUT2D eigenvalue weighted by Crippen LogP contribution is -2.26. The molecule has 3 aromatic rings. The molecular formula is C22H22BrFN6O2. The third-order valence-corrected chi connectivity index (χ3v) is 5.89. The number of nitrogens with zero attached hydrogens (tertiary/aromatic N) is 3. The number of hydrogen-bond acceptors (Lipinski definition) is 7. The molecule has 0 fully saturated rings. The van der Waals surface area contributed by atoms with E-state index in [4.69, 9.17) is 10.5 Å². The summed E-state index contributed by atoms with van der Waals surface area (Å²) >= 11 is 3.30.